The Bertz CT molecular complexity index is 1220. The molecule has 11 heteroatoms. The molecule has 0 bridgehead atoms. The lowest BCUT2D eigenvalue weighted by molar-refractivity contribution is -0.129. The van der Waals surface area contributed by atoms with Gasteiger partial charge in [0.15, 0.2) is 12.2 Å². The third-order valence-corrected chi connectivity index (χ3v) is 7.25. The molecule has 198 valence electrons. The minimum atomic E-state index is -1.45. The van der Waals surface area contributed by atoms with E-state index in [0.29, 0.717) is 55.5 Å². The number of aliphatic hydroxyl groups is 1. The minimum absolute atomic E-state index is 0.0828. The highest BCUT2D eigenvalue weighted by Crippen LogP contribution is 2.32. The molecule has 10 nitrogen and oxygen atoms in total. The van der Waals surface area contributed by atoms with Crippen molar-refractivity contribution in [2.75, 3.05) is 45.2 Å². The molecule has 1 aromatic carbocycles. The Morgan fingerprint density at radius 1 is 1.24 bits per heavy atom. The first-order chi connectivity index (χ1) is 17.7. The van der Waals surface area contributed by atoms with Crippen LogP contribution >= 0.6 is 11.3 Å². The Hall–Kier alpha value is -3.41. The zero-order valence-corrected chi connectivity index (χ0v) is 22.3. The number of nitrogens with one attached hydrogen (secondary N) is 2. The van der Waals surface area contributed by atoms with Crippen LogP contribution in [0.2, 0.25) is 0 Å². The number of amides is 2. The van der Waals surface area contributed by atoms with Crippen LogP contribution in [0, 0.1) is 6.92 Å². The number of hydrogen-bond acceptors (Lipinski definition) is 9. The summed E-state index contributed by atoms with van der Waals surface area (Å²) in [4.78, 5) is 34.4. The van der Waals surface area contributed by atoms with Crippen molar-refractivity contribution in [2.45, 2.75) is 32.5 Å². The maximum absolute atomic E-state index is 12.8. The summed E-state index contributed by atoms with van der Waals surface area (Å²) in [5.41, 5.74) is 1.64. The molecule has 0 radical (unpaired) electrons. The van der Waals surface area contributed by atoms with Crippen molar-refractivity contribution in [2.24, 2.45) is 0 Å². The molecule has 3 N–H and O–H groups in total. The third kappa shape index (κ3) is 6.48. The molecule has 4 rings (SSSR count). The van der Waals surface area contributed by atoms with Crippen LogP contribution in [-0.2, 0) is 4.79 Å². The maximum atomic E-state index is 12.8. The van der Waals surface area contributed by atoms with Gasteiger partial charge in [0.05, 0.1) is 23.7 Å². The number of oxazole rings is 1. The molecule has 0 aliphatic carbocycles. The number of aliphatic hydroxyl groups excluding tert-OH is 1. The molecule has 1 saturated heterocycles. The van der Waals surface area contributed by atoms with Crippen LogP contribution < -0.4 is 15.4 Å². The molecule has 37 heavy (non-hydrogen) atoms. The number of rotatable bonds is 9. The molecule has 0 saturated carbocycles. The van der Waals surface area contributed by atoms with Crippen LogP contribution in [0.25, 0.3) is 11.3 Å². The van der Waals surface area contributed by atoms with Gasteiger partial charge < -0.3 is 29.8 Å². The quantitative estimate of drug-likeness (QED) is 0.364. The summed E-state index contributed by atoms with van der Waals surface area (Å²) >= 11 is 1.48. The average Bonchev–Trinajstić information content (AvgIpc) is 3.55. The Kier molecular flexibility index (Phi) is 8.16. The van der Waals surface area contributed by atoms with E-state index in [1.165, 1.54) is 24.8 Å². The van der Waals surface area contributed by atoms with Crippen LogP contribution in [0.1, 0.15) is 29.1 Å². The zero-order chi connectivity index (χ0) is 26.6. The number of benzene rings is 1. The Labute approximate surface area is 220 Å². The van der Waals surface area contributed by atoms with Crippen LogP contribution in [0.15, 0.2) is 46.7 Å². The number of ether oxygens (including phenoxy) is 1. The van der Waals surface area contributed by atoms with Gasteiger partial charge in [0.25, 0.3) is 11.8 Å². The molecular weight excluding hydrogens is 494 g/mol. The molecule has 1 aliphatic rings. The normalized spacial score (nSPS) is 15.3. The molecule has 1 aliphatic heterocycles. The van der Waals surface area contributed by atoms with Crippen LogP contribution in [-0.4, -0.2) is 83.3 Å². The first-order valence-corrected chi connectivity index (χ1v) is 12.9. The minimum Gasteiger partial charge on any atom is -0.496 e. The van der Waals surface area contributed by atoms with E-state index in [4.69, 9.17) is 9.15 Å². The molecule has 2 aromatic heterocycles. The molecule has 2 amide bonds. The number of thiophene rings is 1. The van der Waals surface area contributed by atoms with Crippen LogP contribution in [0.3, 0.4) is 0 Å². The highest BCUT2D eigenvalue weighted by atomic mass is 32.1. The fourth-order valence-electron chi connectivity index (χ4n) is 4.40. The summed E-state index contributed by atoms with van der Waals surface area (Å²) in [5, 5.41) is 18.2. The number of piperazine rings is 1. The van der Waals surface area contributed by atoms with Crippen LogP contribution in [0.5, 0.6) is 5.75 Å². The van der Waals surface area contributed by atoms with Gasteiger partial charge in [-0.2, -0.15) is 0 Å². The fraction of sp³-hybridized carbons (Fsp3) is 0.423. The maximum Gasteiger partial charge on any atom is 0.270 e. The summed E-state index contributed by atoms with van der Waals surface area (Å²) in [6.45, 7) is 9.08. The van der Waals surface area contributed by atoms with E-state index in [0.717, 1.165) is 10.4 Å². The molecule has 1 fully saturated rings. The summed E-state index contributed by atoms with van der Waals surface area (Å²) in [7, 11) is 1.53. The molecule has 1 unspecified atom stereocenters. The monoisotopic (exact) mass is 527 g/mol. The van der Waals surface area contributed by atoms with Crippen LogP contribution in [0.4, 0.5) is 5.69 Å². The topological polar surface area (TPSA) is 120 Å². The number of aryl methyl sites for hydroxylation is 1. The van der Waals surface area contributed by atoms with Crippen molar-refractivity contribution in [1.29, 1.82) is 0 Å². The van der Waals surface area contributed by atoms with E-state index in [1.807, 2.05) is 37.1 Å². The smallest absolute Gasteiger partial charge is 0.270 e. The Morgan fingerprint density at radius 3 is 2.62 bits per heavy atom. The van der Waals surface area contributed by atoms with Crippen molar-refractivity contribution in [1.82, 2.24) is 20.1 Å². The van der Waals surface area contributed by atoms with E-state index in [9.17, 15) is 14.7 Å². The Morgan fingerprint density at radius 2 is 2.00 bits per heavy atom. The molecule has 3 heterocycles. The van der Waals surface area contributed by atoms with Gasteiger partial charge in [-0.1, -0.05) is 0 Å². The standard InChI is InChI=1S/C26H33N5O5S/c1-17-7-12-37-22(17)25(34)31-10-8-30(9-11-31)15-26(2,3)29-24(33)23(32)28-18-5-6-19(20(13-18)35-4)21-14-27-16-36-21/h5-7,12-14,16,23,28,32H,8-11,15H2,1-4H3,(H,29,33). The third-order valence-electron chi connectivity index (χ3n) is 6.25. The number of nitrogens with zero attached hydrogens (tertiary/aromatic N) is 3. The number of carbonyl (C=O) groups excluding carboxylic acids is 2. The van der Waals surface area contributed by atoms with Gasteiger partial charge in [0, 0.05) is 50.0 Å². The van der Waals surface area contributed by atoms with Gasteiger partial charge in [0.2, 0.25) is 6.23 Å². The second kappa shape index (κ2) is 11.3. The summed E-state index contributed by atoms with van der Waals surface area (Å²) in [5.74, 6) is 0.612. The Balaban J connectivity index is 1.28. The van der Waals surface area contributed by atoms with Gasteiger partial charge in [-0.05, 0) is 49.9 Å². The number of methoxy groups -OCH3 is 1. The van der Waals surface area contributed by atoms with Gasteiger partial charge in [0.1, 0.15) is 5.75 Å². The lowest BCUT2D eigenvalue weighted by atomic mass is 10.0. The SMILES string of the molecule is COc1cc(NC(O)C(=O)NC(C)(C)CN2CCN(C(=O)c3sccc3C)CC2)ccc1-c1cnco1. The molecular formula is C26H33N5O5S. The highest BCUT2D eigenvalue weighted by Gasteiger charge is 2.30. The van der Waals surface area contributed by atoms with E-state index >= 15 is 0 Å². The first-order valence-electron chi connectivity index (χ1n) is 12.1. The van der Waals surface area contributed by atoms with Gasteiger partial charge >= 0.3 is 0 Å². The van der Waals surface area contributed by atoms with E-state index in [2.05, 4.69) is 20.5 Å². The fourth-order valence-corrected chi connectivity index (χ4v) is 5.29. The predicted molar refractivity (Wildman–Crippen MR) is 142 cm³/mol. The van der Waals surface area contributed by atoms with Gasteiger partial charge in [-0.15, -0.1) is 11.3 Å². The van der Waals surface area contributed by atoms with Gasteiger partial charge in [-0.25, -0.2) is 4.98 Å². The van der Waals surface area contributed by atoms with Gasteiger partial charge in [-0.3, -0.25) is 14.5 Å². The second-order valence-corrected chi connectivity index (χ2v) is 10.6. The lowest BCUT2D eigenvalue weighted by Crippen LogP contribution is -2.58. The number of hydrogen-bond donors (Lipinski definition) is 3. The molecule has 0 spiro atoms. The van der Waals surface area contributed by atoms with Crippen molar-refractivity contribution in [3.63, 3.8) is 0 Å². The van der Waals surface area contributed by atoms with Crippen molar-refractivity contribution < 1.29 is 23.8 Å². The first kappa shape index (κ1) is 26.6. The number of aromatic nitrogens is 1. The predicted octanol–water partition coefficient (Wildman–Crippen LogP) is 2.80. The van der Waals surface area contributed by atoms with E-state index in [-0.39, 0.29) is 5.91 Å². The van der Waals surface area contributed by atoms with E-state index < -0.39 is 17.7 Å². The van der Waals surface area contributed by atoms with Crippen molar-refractivity contribution >= 4 is 28.8 Å². The molecule has 3 aromatic rings. The summed E-state index contributed by atoms with van der Waals surface area (Å²) in [6, 6.07) is 7.13. The highest BCUT2D eigenvalue weighted by molar-refractivity contribution is 7.12. The zero-order valence-electron chi connectivity index (χ0n) is 21.5. The average molecular weight is 528 g/mol. The largest absolute Gasteiger partial charge is 0.496 e. The second-order valence-electron chi connectivity index (χ2n) is 9.70. The summed E-state index contributed by atoms with van der Waals surface area (Å²) in [6.07, 6.45) is 1.46. The lowest BCUT2D eigenvalue weighted by Gasteiger charge is -2.39. The number of carbonyl (C=O) groups is 2. The number of anilines is 1. The molecule has 1 atom stereocenters. The van der Waals surface area contributed by atoms with Crippen molar-refractivity contribution in [3.8, 4) is 17.1 Å². The summed E-state index contributed by atoms with van der Waals surface area (Å²) < 4.78 is 10.8. The van der Waals surface area contributed by atoms with Crippen molar-refractivity contribution in [3.05, 3.63) is 52.7 Å². The van der Waals surface area contributed by atoms with E-state index in [1.54, 1.807) is 24.4 Å².